The monoisotopic (exact) mass is 221 g/mol. The Morgan fingerprint density at radius 3 is 3.33 bits per heavy atom. The van der Waals surface area contributed by atoms with E-state index in [1.54, 1.807) is 17.4 Å². The number of nitrogens with one attached hydrogen (secondary N) is 1. The summed E-state index contributed by atoms with van der Waals surface area (Å²) in [4.78, 5) is 16.6. The summed E-state index contributed by atoms with van der Waals surface area (Å²) in [6, 6.07) is 0. The lowest BCUT2D eigenvalue weighted by Gasteiger charge is -1.98. The zero-order valence-electron chi connectivity index (χ0n) is 8.14. The first-order valence-electron chi connectivity index (χ1n) is 4.58. The summed E-state index contributed by atoms with van der Waals surface area (Å²) in [7, 11) is 0. The van der Waals surface area contributed by atoms with Gasteiger partial charge in [0, 0.05) is 24.3 Å². The summed E-state index contributed by atoms with van der Waals surface area (Å²) in [5.41, 5.74) is 0.795. The van der Waals surface area contributed by atoms with Crippen LogP contribution in [0.5, 0.6) is 0 Å². The van der Waals surface area contributed by atoms with Crippen molar-refractivity contribution in [3.63, 3.8) is 0 Å². The molecular formula is C10H11N3OS. The molecule has 78 valence electrons. The highest BCUT2D eigenvalue weighted by Crippen LogP contribution is 2.11. The van der Waals surface area contributed by atoms with E-state index in [2.05, 4.69) is 16.9 Å². The van der Waals surface area contributed by atoms with Crippen LogP contribution in [0.25, 0.3) is 4.96 Å². The van der Waals surface area contributed by atoms with Crippen molar-refractivity contribution in [2.75, 3.05) is 6.54 Å². The third kappa shape index (κ3) is 2.24. The molecule has 0 aliphatic heterocycles. The second-order valence-corrected chi connectivity index (χ2v) is 3.97. The number of rotatable bonds is 4. The Labute approximate surface area is 91.3 Å². The lowest BCUT2D eigenvalue weighted by atomic mass is 10.3. The zero-order chi connectivity index (χ0) is 10.7. The number of thiazole rings is 1. The third-order valence-corrected chi connectivity index (χ3v) is 2.70. The van der Waals surface area contributed by atoms with Gasteiger partial charge >= 0.3 is 0 Å². The fraction of sp³-hybridized carbons (Fsp3) is 0.200. The number of amides is 1. The van der Waals surface area contributed by atoms with E-state index >= 15 is 0 Å². The Morgan fingerprint density at radius 1 is 1.73 bits per heavy atom. The minimum Gasteiger partial charge on any atom is -0.352 e. The van der Waals surface area contributed by atoms with Crippen molar-refractivity contribution in [1.82, 2.24) is 14.7 Å². The number of hydrogen-bond donors (Lipinski definition) is 1. The van der Waals surface area contributed by atoms with E-state index in [1.807, 2.05) is 22.2 Å². The maximum Gasteiger partial charge on any atom is 0.226 e. The molecule has 4 nitrogen and oxygen atoms in total. The van der Waals surface area contributed by atoms with Gasteiger partial charge < -0.3 is 5.32 Å². The summed E-state index contributed by atoms with van der Waals surface area (Å²) in [6.45, 7) is 4.03. The van der Waals surface area contributed by atoms with E-state index in [9.17, 15) is 4.79 Å². The smallest absolute Gasteiger partial charge is 0.226 e. The van der Waals surface area contributed by atoms with E-state index in [0.29, 0.717) is 13.0 Å². The van der Waals surface area contributed by atoms with E-state index in [0.717, 1.165) is 10.7 Å². The van der Waals surface area contributed by atoms with Gasteiger partial charge in [-0.2, -0.15) is 0 Å². The Morgan fingerprint density at radius 2 is 2.60 bits per heavy atom. The minimum absolute atomic E-state index is 0.0272. The number of fused-ring (bicyclic) bond motifs is 1. The van der Waals surface area contributed by atoms with Crippen molar-refractivity contribution >= 4 is 22.2 Å². The van der Waals surface area contributed by atoms with Crippen LogP contribution in [0, 0.1) is 0 Å². The first kappa shape index (κ1) is 9.92. The second-order valence-electron chi connectivity index (χ2n) is 3.09. The number of nitrogens with zero attached hydrogens (tertiary/aromatic N) is 2. The molecule has 2 heterocycles. The molecule has 0 spiro atoms. The Kier molecular flexibility index (Phi) is 2.82. The van der Waals surface area contributed by atoms with Crippen molar-refractivity contribution in [3.05, 3.63) is 36.1 Å². The van der Waals surface area contributed by atoms with Gasteiger partial charge in [0.25, 0.3) is 0 Å². The highest BCUT2D eigenvalue weighted by molar-refractivity contribution is 7.15. The van der Waals surface area contributed by atoms with Gasteiger partial charge in [0.1, 0.15) is 0 Å². The SMILES string of the molecule is C=CCNC(=O)Cc1cn2ccsc2n1. The standard InChI is InChI=1S/C10H11N3OS/c1-2-3-11-9(14)6-8-7-13-4-5-15-10(13)12-8/h2,4-5,7H,1,3,6H2,(H,11,14). The van der Waals surface area contributed by atoms with Gasteiger partial charge in [-0.05, 0) is 0 Å². The summed E-state index contributed by atoms with van der Waals surface area (Å²) >= 11 is 1.56. The average molecular weight is 221 g/mol. The van der Waals surface area contributed by atoms with Crippen molar-refractivity contribution in [2.45, 2.75) is 6.42 Å². The van der Waals surface area contributed by atoms with E-state index < -0.39 is 0 Å². The Balaban J connectivity index is 2.02. The number of carbonyl (C=O) groups is 1. The molecule has 2 aromatic heterocycles. The zero-order valence-corrected chi connectivity index (χ0v) is 8.96. The lowest BCUT2D eigenvalue weighted by molar-refractivity contribution is -0.120. The molecule has 15 heavy (non-hydrogen) atoms. The number of hydrogen-bond acceptors (Lipinski definition) is 3. The predicted octanol–water partition coefficient (Wildman–Crippen LogP) is 1.24. The summed E-state index contributed by atoms with van der Waals surface area (Å²) in [5, 5.41) is 4.68. The summed E-state index contributed by atoms with van der Waals surface area (Å²) in [5.74, 6) is -0.0272. The molecule has 0 radical (unpaired) electrons. The molecule has 1 amide bonds. The van der Waals surface area contributed by atoms with Crippen LogP contribution < -0.4 is 5.32 Å². The van der Waals surface area contributed by atoms with Crippen molar-refractivity contribution < 1.29 is 4.79 Å². The van der Waals surface area contributed by atoms with Crippen molar-refractivity contribution in [2.24, 2.45) is 0 Å². The van der Waals surface area contributed by atoms with Crippen LogP contribution in [0.15, 0.2) is 30.4 Å². The second kappa shape index (κ2) is 4.27. The van der Waals surface area contributed by atoms with Crippen LogP contribution in [-0.2, 0) is 11.2 Å². The Hall–Kier alpha value is -1.62. The van der Waals surface area contributed by atoms with Crippen LogP contribution in [-0.4, -0.2) is 21.8 Å². The van der Waals surface area contributed by atoms with Crippen LogP contribution in [0.1, 0.15) is 5.69 Å². The summed E-state index contributed by atoms with van der Waals surface area (Å²) < 4.78 is 1.92. The minimum atomic E-state index is -0.0272. The molecule has 0 fully saturated rings. The highest BCUT2D eigenvalue weighted by Gasteiger charge is 2.06. The van der Waals surface area contributed by atoms with E-state index in [4.69, 9.17) is 0 Å². The van der Waals surface area contributed by atoms with Gasteiger partial charge in [-0.3, -0.25) is 9.20 Å². The lowest BCUT2D eigenvalue weighted by Crippen LogP contribution is -2.25. The number of imidazole rings is 1. The van der Waals surface area contributed by atoms with Crippen LogP contribution in [0.2, 0.25) is 0 Å². The van der Waals surface area contributed by atoms with E-state index in [-0.39, 0.29) is 5.91 Å². The number of aromatic nitrogens is 2. The van der Waals surface area contributed by atoms with Gasteiger partial charge in [-0.1, -0.05) is 6.08 Å². The van der Waals surface area contributed by atoms with Crippen LogP contribution >= 0.6 is 11.3 Å². The quantitative estimate of drug-likeness (QED) is 0.790. The first-order valence-corrected chi connectivity index (χ1v) is 5.46. The average Bonchev–Trinajstić information content (AvgIpc) is 2.74. The topological polar surface area (TPSA) is 46.4 Å². The van der Waals surface area contributed by atoms with E-state index in [1.165, 1.54) is 0 Å². The van der Waals surface area contributed by atoms with Crippen molar-refractivity contribution in [3.8, 4) is 0 Å². The molecule has 0 aromatic carbocycles. The van der Waals surface area contributed by atoms with Gasteiger partial charge in [0.15, 0.2) is 4.96 Å². The van der Waals surface area contributed by atoms with Gasteiger partial charge in [0.05, 0.1) is 12.1 Å². The molecular weight excluding hydrogens is 210 g/mol. The molecule has 0 saturated heterocycles. The molecule has 0 aliphatic rings. The van der Waals surface area contributed by atoms with Gasteiger partial charge in [-0.15, -0.1) is 17.9 Å². The van der Waals surface area contributed by atoms with Crippen LogP contribution in [0.4, 0.5) is 0 Å². The molecule has 0 bridgehead atoms. The summed E-state index contributed by atoms with van der Waals surface area (Å²) in [6.07, 6.45) is 5.78. The molecule has 2 rings (SSSR count). The molecule has 5 heteroatoms. The van der Waals surface area contributed by atoms with Crippen LogP contribution in [0.3, 0.4) is 0 Å². The largest absolute Gasteiger partial charge is 0.352 e. The van der Waals surface area contributed by atoms with Crippen molar-refractivity contribution in [1.29, 1.82) is 0 Å². The van der Waals surface area contributed by atoms with Gasteiger partial charge in [0.2, 0.25) is 5.91 Å². The molecule has 1 N–H and O–H groups in total. The maximum absolute atomic E-state index is 11.4. The fourth-order valence-electron chi connectivity index (χ4n) is 1.27. The fourth-order valence-corrected chi connectivity index (χ4v) is 1.99. The Bertz CT molecular complexity index is 457. The molecule has 0 aliphatic carbocycles. The highest BCUT2D eigenvalue weighted by atomic mass is 32.1. The predicted molar refractivity (Wildman–Crippen MR) is 60.0 cm³/mol. The maximum atomic E-state index is 11.4. The molecule has 2 aromatic rings. The first-order chi connectivity index (χ1) is 7.29. The molecule has 0 atom stereocenters. The normalized spacial score (nSPS) is 10.4. The third-order valence-electron chi connectivity index (χ3n) is 1.93. The molecule has 0 unspecified atom stereocenters. The van der Waals surface area contributed by atoms with Gasteiger partial charge in [-0.25, -0.2) is 4.98 Å². The number of carbonyl (C=O) groups excluding carboxylic acids is 1. The molecule has 0 saturated carbocycles.